The van der Waals surface area contributed by atoms with Crippen LogP contribution in [0.1, 0.15) is 18.4 Å². The maximum atomic E-state index is 12.7. The van der Waals surface area contributed by atoms with Crippen molar-refractivity contribution in [3.8, 4) is 12.3 Å². The van der Waals surface area contributed by atoms with Gasteiger partial charge in [-0.25, -0.2) is 8.42 Å². The summed E-state index contributed by atoms with van der Waals surface area (Å²) in [6, 6.07) is 5.30. The van der Waals surface area contributed by atoms with E-state index in [9.17, 15) is 8.42 Å². The Morgan fingerprint density at radius 3 is 2.90 bits per heavy atom. The highest BCUT2D eigenvalue weighted by molar-refractivity contribution is 7.89. The second-order valence-corrected chi connectivity index (χ2v) is 7.38. The number of hydrogen-bond donors (Lipinski definition) is 1. The Balaban J connectivity index is 1.90. The number of rotatable bonds is 5. The summed E-state index contributed by atoms with van der Waals surface area (Å²) in [7, 11) is -3.48. The summed E-state index contributed by atoms with van der Waals surface area (Å²) in [5, 5.41) is 3.23. The van der Waals surface area contributed by atoms with Crippen molar-refractivity contribution in [3.63, 3.8) is 0 Å². The number of benzene rings is 1. The summed E-state index contributed by atoms with van der Waals surface area (Å²) in [4.78, 5) is 0.357. The quantitative estimate of drug-likeness (QED) is 0.840. The summed E-state index contributed by atoms with van der Waals surface area (Å²) in [6.07, 6.45) is 8.40. The lowest BCUT2D eigenvalue weighted by atomic mass is 10.2. The summed E-state index contributed by atoms with van der Waals surface area (Å²) in [6.45, 7) is 1.56. The van der Waals surface area contributed by atoms with Crippen LogP contribution in [-0.2, 0) is 16.4 Å². The summed E-state index contributed by atoms with van der Waals surface area (Å²) in [5.41, 5.74) is 2.10. The molecule has 0 unspecified atom stereocenters. The Hall–Kier alpha value is -1.51. The zero-order valence-electron chi connectivity index (χ0n) is 11.3. The monoisotopic (exact) mass is 290 g/mol. The maximum Gasteiger partial charge on any atom is 0.243 e. The fourth-order valence-corrected chi connectivity index (χ4v) is 4.01. The summed E-state index contributed by atoms with van der Waals surface area (Å²) >= 11 is 0. The third kappa shape index (κ3) is 2.54. The number of sulfonamides is 1. The highest BCUT2D eigenvalue weighted by Crippen LogP contribution is 2.32. The summed E-state index contributed by atoms with van der Waals surface area (Å²) < 4.78 is 26.8. The van der Waals surface area contributed by atoms with Gasteiger partial charge in [0.1, 0.15) is 0 Å². The van der Waals surface area contributed by atoms with Crippen LogP contribution in [0.5, 0.6) is 0 Å². The van der Waals surface area contributed by atoms with Gasteiger partial charge in [-0.3, -0.25) is 0 Å². The predicted molar refractivity (Wildman–Crippen MR) is 79.0 cm³/mol. The van der Waals surface area contributed by atoms with Gasteiger partial charge in [0.2, 0.25) is 10.0 Å². The molecule has 1 saturated carbocycles. The molecule has 20 heavy (non-hydrogen) atoms. The van der Waals surface area contributed by atoms with E-state index in [0.717, 1.165) is 37.1 Å². The molecule has 1 aliphatic carbocycles. The lowest BCUT2D eigenvalue weighted by molar-refractivity contribution is 0.430. The van der Waals surface area contributed by atoms with E-state index >= 15 is 0 Å². The molecule has 0 saturated heterocycles. The van der Waals surface area contributed by atoms with Crippen LogP contribution in [0.4, 0.5) is 5.69 Å². The zero-order valence-corrected chi connectivity index (χ0v) is 12.1. The van der Waals surface area contributed by atoms with Crippen LogP contribution in [0.3, 0.4) is 0 Å². The molecule has 0 spiro atoms. The Morgan fingerprint density at radius 2 is 2.20 bits per heavy atom. The van der Waals surface area contributed by atoms with E-state index in [2.05, 4.69) is 11.2 Å². The van der Waals surface area contributed by atoms with E-state index in [0.29, 0.717) is 17.4 Å². The van der Waals surface area contributed by atoms with Gasteiger partial charge >= 0.3 is 0 Å². The molecule has 0 aromatic heterocycles. The third-order valence-corrected chi connectivity index (χ3v) is 5.66. The van der Waals surface area contributed by atoms with Gasteiger partial charge in [-0.1, -0.05) is 5.92 Å². The number of terminal acetylenes is 1. The SMILES string of the molecule is C#CCN(CC1CC1)S(=O)(=O)c1ccc2c(c1)CCN2. The van der Waals surface area contributed by atoms with Gasteiger partial charge in [-0.15, -0.1) is 6.42 Å². The van der Waals surface area contributed by atoms with E-state index in [4.69, 9.17) is 6.42 Å². The minimum absolute atomic E-state index is 0.147. The van der Waals surface area contributed by atoms with Crippen LogP contribution >= 0.6 is 0 Å². The van der Waals surface area contributed by atoms with Crippen LogP contribution in [0.2, 0.25) is 0 Å². The molecule has 3 rings (SSSR count). The van der Waals surface area contributed by atoms with Gasteiger partial charge < -0.3 is 5.32 Å². The van der Waals surface area contributed by atoms with E-state index in [1.54, 1.807) is 12.1 Å². The molecule has 0 amide bonds. The second-order valence-electron chi connectivity index (χ2n) is 5.44. The van der Waals surface area contributed by atoms with Crippen LogP contribution in [0.15, 0.2) is 23.1 Å². The first-order valence-electron chi connectivity index (χ1n) is 6.91. The average Bonchev–Trinajstić information content (AvgIpc) is 3.12. The van der Waals surface area contributed by atoms with Crippen molar-refractivity contribution in [2.24, 2.45) is 5.92 Å². The van der Waals surface area contributed by atoms with Gasteiger partial charge in [0.15, 0.2) is 0 Å². The predicted octanol–water partition coefficient (Wildman–Crippen LogP) is 1.69. The third-order valence-electron chi connectivity index (χ3n) is 3.85. The average molecular weight is 290 g/mol. The van der Waals surface area contributed by atoms with Crippen molar-refractivity contribution in [1.29, 1.82) is 0 Å². The Kier molecular flexibility index (Phi) is 3.45. The molecule has 2 aliphatic rings. The Bertz CT molecular complexity index is 657. The van der Waals surface area contributed by atoms with Crippen molar-refractivity contribution in [3.05, 3.63) is 23.8 Å². The standard InChI is InChI=1S/C15H18N2O2S/c1-2-9-17(11-12-3-4-12)20(18,19)14-5-6-15-13(10-14)7-8-16-15/h1,5-6,10,12,16H,3-4,7-9,11H2. The molecule has 0 radical (unpaired) electrons. The first-order valence-corrected chi connectivity index (χ1v) is 8.35. The van der Waals surface area contributed by atoms with Crippen LogP contribution in [-0.4, -0.2) is 32.4 Å². The number of nitrogens with one attached hydrogen (secondary N) is 1. The first-order chi connectivity index (χ1) is 9.61. The lowest BCUT2D eigenvalue weighted by Gasteiger charge is -2.20. The van der Waals surface area contributed by atoms with Crippen LogP contribution in [0, 0.1) is 18.3 Å². The first kappa shape index (κ1) is 13.5. The molecule has 1 aliphatic heterocycles. The Morgan fingerprint density at radius 1 is 1.40 bits per heavy atom. The molecule has 106 valence electrons. The van der Waals surface area contributed by atoms with E-state index in [1.807, 2.05) is 6.07 Å². The minimum atomic E-state index is -3.48. The number of nitrogens with zero attached hydrogens (tertiary/aromatic N) is 1. The van der Waals surface area contributed by atoms with Gasteiger partial charge in [0.05, 0.1) is 11.4 Å². The van der Waals surface area contributed by atoms with E-state index in [-0.39, 0.29) is 6.54 Å². The number of hydrogen-bond acceptors (Lipinski definition) is 3. The van der Waals surface area contributed by atoms with Crippen molar-refractivity contribution >= 4 is 15.7 Å². The Labute approximate surface area is 120 Å². The molecular weight excluding hydrogens is 272 g/mol. The van der Waals surface area contributed by atoms with E-state index in [1.165, 1.54) is 4.31 Å². The lowest BCUT2D eigenvalue weighted by Crippen LogP contribution is -2.33. The molecule has 1 aromatic carbocycles. The van der Waals surface area contributed by atoms with Crippen molar-refractivity contribution in [2.45, 2.75) is 24.2 Å². The molecule has 1 N–H and O–H groups in total. The smallest absolute Gasteiger partial charge is 0.243 e. The topological polar surface area (TPSA) is 49.4 Å². The molecule has 0 atom stereocenters. The number of fused-ring (bicyclic) bond motifs is 1. The maximum absolute atomic E-state index is 12.7. The molecule has 4 nitrogen and oxygen atoms in total. The van der Waals surface area contributed by atoms with Gasteiger partial charge in [0.25, 0.3) is 0 Å². The summed E-state index contributed by atoms with van der Waals surface area (Å²) in [5.74, 6) is 2.94. The van der Waals surface area contributed by atoms with Crippen molar-refractivity contribution in [1.82, 2.24) is 4.31 Å². The molecule has 0 bridgehead atoms. The fraction of sp³-hybridized carbons (Fsp3) is 0.467. The molecule has 5 heteroatoms. The largest absolute Gasteiger partial charge is 0.384 e. The zero-order chi connectivity index (χ0) is 14.2. The highest BCUT2D eigenvalue weighted by Gasteiger charge is 2.31. The fourth-order valence-electron chi connectivity index (χ4n) is 2.53. The molecule has 1 fully saturated rings. The van der Waals surface area contributed by atoms with Gasteiger partial charge in [-0.2, -0.15) is 4.31 Å². The molecule has 1 heterocycles. The second kappa shape index (κ2) is 5.12. The van der Waals surface area contributed by atoms with Gasteiger partial charge in [0, 0.05) is 18.8 Å². The van der Waals surface area contributed by atoms with Crippen molar-refractivity contribution in [2.75, 3.05) is 25.0 Å². The number of anilines is 1. The van der Waals surface area contributed by atoms with Crippen LogP contribution < -0.4 is 5.32 Å². The van der Waals surface area contributed by atoms with Gasteiger partial charge in [-0.05, 0) is 48.9 Å². The van der Waals surface area contributed by atoms with E-state index < -0.39 is 10.0 Å². The highest BCUT2D eigenvalue weighted by atomic mass is 32.2. The molecular formula is C15H18N2O2S. The van der Waals surface area contributed by atoms with Crippen molar-refractivity contribution < 1.29 is 8.42 Å². The normalized spacial score (nSPS) is 17.6. The van der Waals surface area contributed by atoms with Crippen LogP contribution in [0.25, 0.3) is 0 Å². The molecule has 1 aromatic rings. The minimum Gasteiger partial charge on any atom is -0.384 e.